The van der Waals surface area contributed by atoms with Gasteiger partial charge in [-0.05, 0) is 74.8 Å². The van der Waals surface area contributed by atoms with Crippen molar-refractivity contribution in [3.8, 4) is 0 Å². The van der Waals surface area contributed by atoms with Gasteiger partial charge in [-0.1, -0.05) is 0 Å². The summed E-state index contributed by atoms with van der Waals surface area (Å²) in [4.78, 5) is 29.2. The Morgan fingerprint density at radius 3 is 2.22 bits per heavy atom. The van der Waals surface area contributed by atoms with Gasteiger partial charge in [0.05, 0.1) is 6.26 Å². The van der Waals surface area contributed by atoms with Crippen LogP contribution in [-0.2, 0) is 0 Å². The standard InChI is InChI=1S/C21H29N3O3/c25-19(18-3-1-8-27-18)23-4-2-5-24(7-6-23)20(26)22-21-12-15-9-16(13-21)11-17(10-15)14-21/h1,3,8,15-17H,2,4-7,9-14H2,(H,22,26). The van der Waals surface area contributed by atoms with E-state index in [-0.39, 0.29) is 17.5 Å². The lowest BCUT2D eigenvalue weighted by Crippen LogP contribution is -2.62. The molecule has 1 aliphatic heterocycles. The quantitative estimate of drug-likeness (QED) is 0.869. The van der Waals surface area contributed by atoms with Crippen molar-refractivity contribution < 1.29 is 14.0 Å². The molecule has 6 heteroatoms. The molecule has 4 saturated carbocycles. The monoisotopic (exact) mass is 371 g/mol. The molecule has 0 spiro atoms. The van der Waals surface area contributed by atoms with Crippen molar-refractivity contribution in [2.45, 2.75) is 50.5 Å². The van der Waals surface area contributed by atoms with Gasteiger partial charge in [-0.2, -0.15) is 0 Å². The van der Waals surface area contributed by atoms with Gasteiger partial charge in [0.2, 0.25) is 0 Å². The van der Waals surface area contributed by atoms with Crippen LogP contribution in [0.25, 0.3) is 0 Å². The summed E-state index contributed by atoms with van der Waals surface area (Å²) < 4.78 is 5.24. The van der Waals surface area contributed by atoms with Crippen LogP contribution in [0, 0.1) is 17.8 Å². The number of hydrogen-bond acceptors (Lipinski definition) is 3. The van der Waals surface area contributed by atoms with Gasteiger partial charge in [0.1, 0.15) is 0 Å². The van der Waals surface area contributed by atoms with Crippen molar-refractivity contribution in [3.05, 3.63) is 24.2 Å². The minimum Gasteiger partial charge on any atom is -0.459 e. The van der Waals surface area contributed by atoms with Crippen LogP contribution in [0.4, 0.5) is 4.79 Å². The molecule has 2 heterocycles. The number of hydrogen-bond donors (Lipinski definition) is 1. The topological polar surface area (TPSA) is 65.8 Å². The van der Waals surface area contributed by atoms with E-state index in [0.717, 1.165) is 24.2 Å². The van der Waals surface area contributed by atoms with Gasteiger partial charge in [-0.3, -0.25) is 4.79 Å². The van der Waals surface area contributed by atoms with Crippen LogP contribution in [-0.4, -0.2) is 53.5 Å². The maximum atomic E-state index is 13.0. The van der Waals surface area contributed by atoms with Crippen LogP contribution in [0.3, 0.4) is 0 Å². The molecule has 6 nitrogen and oxygen atoms in total. The molecular weight excluding hydrogens is 342 g/mol. The highest BCUT2D eigenvalue weighted by Gasteiger charge is 2.51. The summed E-state index contributed by atoms with van der Waals surface area (Å²) in [6.45, 7) is 2.53. The second-order valence-corrected chi connectivity index (χ2v) is 9.24. The average Bonchev–Trinajstić information content (AvgIpc) is 3.04. The summed E-state index contributed by atoms with van der Waals surface area (Å²) in [6.07, 6.45) is 9.97. The van der Waals surface area contributed by atoms with E-state index in [1.54, 1.807) is 17.0 Å². The molecule has 4 bridgehead atoms. The van der Waals surface area contributed by atoms with E-state index in [2.05, 4.69) is 5.32 Å². The maximum Gasteiger partial charge on any atom is 0.317 e. The number of rotatable bonds is 2. The molecule has 1 saturated heterocycles. The number of nitrogens with zero attached hydrogens (tertiary/aromatic N) is 2. The van der Waals surface area contributed by atoms with E-state index >= 15 is 0 Å². The Labute approximate surface area is 160 Å². The lowest BCUT2D eigenvalue weighted by Gasteiger charge is -2.57. The number of carbonyl (C=O) groups excluding carboxylic acids is 2. The summed E-state index contributed by atoms with van der Waals surface area (Å²) in [5, 5.41) is 3.46. The largest absolute Gasteiger partial charge is 0.459 e. The molecule has 3 amide bonds. The van der Waals surface area contributed by atoms with E-state index in [1.807, 2.05) is 4.90 Å². The lowest BCUT2D eigenvalue weighted by molar-refractivity contribution is -0.0156. The number of furan rings is 1. The fourth-order valence-electron chi connectivity index (χ4n) is 6.45. The van der Waals surface area contributed by atoms with Crippen molar-refractivity contribution in [1.29, 1.82) is 0 Å². The molecule has 6 rings (SSSR count). The summed E-state index contributed by atoms with van der Waals surface area (Å²) in [5.41, 5.74) is 0.0435. The van der Waals surface area contributed by atoms with Crippen LogP contribution < -0.4 is 5.32 Å². The van der Waals surface area contributed by atoms with Gasteiger partial charge >= 0.3 is 6.03 Å². The third-order valence-corrected chi connectivity index (χ3v) is 7.21. The van der Waals surface area contributed by atoms with Gasteiger partial charge < -0.3 is 19.5 Å². The predicted octanol–water partition coefficient (Wildman–Crippen LogP) is 3.11. The smallest absolute Gasteiger partial charge is 0.317 e. The van der Waals surface area contributed by atoms with E-state index in [4.69, 9.17) is 4.42 Å². The summed E-state index contributed by atoms with van der Waals surface area (Å²) in [7, 11) is 0. The summed E-state index contributed by atoms with van der Waals surface area (Å²) >= 11 is 0. The number of nitrogens with one attached hydrogen (secondary N) is 1. The SMILES string of the molecule is O=C(NC12CC3CC(CC(C3)C1)C2)N1CCCN(C(=O)c2ccco2)CC1. The lowest BCUT2D eigenvalue weighted by atomic mass is 9.53. The van der Waals surface area contributed by atoms with Gasteiger partial charge in [-0.25, -0.2) is 4.79 Å². The molecule has 0 radical (unpaired) electrons. The van der Waals surface area contributed by atoms with Gasteiger partial charge in [0.25, 0.3) is 5.91 Å². The van der Waals surface area contributed by atoms with Gasteiger partial charge in [0, 0.05) is 31.7 Å². The molecule has 146 valence electrons. The Hall–Kier alpha value is -1.98. The highest BCUT2D eigenvalue weighted by Crippen LogP contribution is 2.55. The first-order chi connectivity index (χ1) is 13.1. The Bertz CT molecular complexity index is 679. The minimum absolute atomic E-state index is 0.0435. The van der Waals surface area contributed by atoms with Gasteiger partial charge in [0.15, 0.2) is 5.76 Å². The number of urea groups is 1. The zero-order valence-corrected chi connectivity index (χ0v) is 15.9. The van der Waals surface area contributed by atoms with Crippen molar-refractivity contribution in [2.24, 2.45) is 17.8 Å². The molecule has 0 unspecified atom stereocenters. The van der Waals surface area contributed by atoms with Crippen LogP contribution in [0.2, 0.25) is 0 Å². The predicted molar refractivity (Wildman–Crippen MR) is 100 cm³/mol. The van der Waals surface area contributed by atoms with Crippen molar-refractivity contribution in [2.75, 3.05) is 26.2 Å². The number of amides is 3. The van der Waals surface area contributed by atoms with E-state index < -0.39 is 0 Å². The van der Waals surface area contributed by atoms with E-state index in [0.29, 0.717) is 31.9 Å². The normalized spacial score (nSPS) is 35.2. The van der Waals surface area contributed by atoms with Crippen LogP contribution in [0.15, 0.2) is 22.8 Å². The van der Waals surface area contributed by atoms with Crippen molar-refractivity contribution in [1.82, 2.24) is 15.1 Å². The summed E-state index contributed by atoms with van der Waals surface area (Å²) in [5.74, 6) is 2.76. The van der Waals surface area contributed by atoms with Crippen molar-refractivity contribution >= 4 is 11.9 Å². The van der Waals surface area contributed by atoms with Crippen LogP contribution in [0.5, 0.6) is 0 Å². The molecule has 1 N–H and O–H groups in total. The first-order valence-corrected chi connectivity index (χ1v) is 10.5. The third kappa shape index (κ3) is 3.23. The maximum absolute atomic E-state index is 13.0. The highest BCUT2D eigenvalue weighted by atomic mass is 16.3. The molecule has 0 atom stereocenters. The molecule has 1 aromatic heterocycles. The molecular formula is C21H29N3O3. The highest BCUT2D eigenvalue weighted by molar-refractivity contribution is 5.91. The Kier molecular flexibility index (Phi) is 4.17. The Morgan fingerprint density at radius 1 is 0.963 bits per heavy atom. The average molecular weight is 371 g/mol. The molecule has 1 aromatic rings. The van der Waals surface area contributed by atoms with E-state index in [9.17, 15) is 9.59 Å². The zero-order valence-electron chi connectivity index (χ0n) is 15.9. The molecule has 27 heavy (non-hydrogen) atoms. The van der Waals surface area contributed by atoms with Gasteiger partial charge in [-0.15, -0.1) is 0 Å². The van der Waals surface area contributed by atoms with Crippen molar-refractivity contribution in [3.63, 3.8) is 0 Å². The fourth-order valence-corrected chi connectivity index (χ4v) is 6.45. The van der Waals surface area contributed by atoms with Crippen LogP contribution >= 0.6 is 0 Å². The Morgan fingerprint density at radius 2 is 1.59 bits per heavy atom. The first kappa shape index (κ1) is 17.1. The fraction of sp³-hybridized carbons (Fsp3) is 0.714. The molecule has 5 fully saturated rings. The zero-order chi connectivity index (χ0) is 18.4. The van der Waals surface area contributed by atoms with Crippen LogP contribution in [0.1, 0.15) is 55.5 Å². The second-order valence-electron chi connectivity index (χ2n) is 9.24. The number of carbonyl (C=O) groups is 2. The first-order valence-electron chi connectivity index (χ1n) is 10.5. The molecule has 0 aromatic carbocycles. The molecule has 4 aliphatic carbocycles. The Balaban J connectivity index is 1.21. The van der Waals surface area contributed by atoms with E-state index in [1.165, 1.54) is 44.8 Å². The molecule has 5 aliphatic rings. The third-order valence-electron chi connectivity index (χ3n) is 7.21. The summed E-state index contributed by atoms with van der Waals surface area (Å²) in [6, 6.07) is 3.50. The second kappa shape index (κ2) is 6.57. The minimum atomic E-state index is -0.0802.